The number of aromatic nitrogens is 1. The summed E-state index contributed by atoms with van der Waals surface area (Å²) in [5.74, 6) is -0.123. The second kappa shape index (κ2) is 7.56. The number of hydrogen-bond acceptors (Lipinski definition) is 3. The summed E-state index contributed by atoms with van der Waals surface area (Å²) in [6, 6.07) is 8.07. The van der Waals surface area contributed by atoms with E-state index in [1.165, 1.54) is 5.56 Å². The quantitative estimate of drug-likeness (QED) is 0.922. The highest BCUT2D eigenvalue weighted by atomic mass is 16.2. The van der Waals surface area contributed by atoms with Crippen LogP contribution in [0.15, 0.2) is 36.7 Å². The first-order valence-electron chi connectivity index (χ1n) is 8.71. The third kappa shape index (κ3) is 3.85. The molecular weight excluding hydrogens is 328 g/mol. The van der Waals surface area contributed by atoms with Gasteiger partial charge in [0.25, 0.3) is 5.91 Å². The van der Waals surface area contributed by atoms with Gasteiger partial charge in [-0.25, -0.2) is 4.79 Å². The maximum Gasteiger partial charge on any atom is 0.319 e. The fourth-order valence-corrected chi connectivity index (χ4v) is 3.12. The van der Waals surface area contributed by atoms with Gasteiger partial charge in [0.05, 0.1) is 5.56 Å². The van der Waals surface area contributed by atoms with Crippen molar-refractivity contribution >= 4 is 11.9 Å². The Morgan fingerprint density at radius 1 is 1.19 bits per heavy atom. The number of fused-ring (bicyclic) bond motifs is 1. The van der Waals surface area contributed by atoms with E-state index in [1.807, 2.05) is 31.2 Å². The summed E-state index contributed by atoms with van der Waals surface area (Å²) in [4.78, 5) is 32.4. The van der Waals surface area contributed by atoms with Crippen molar-refractivity contribution in [2.24, 2.45) is 0 Å². The normalized spacial score (nSPS) is 13.1. The van der Waals surface area contributed by atoms with Gasteiger partial charge in [-0.3, -0.25) is 9.78 Å². The number of hydrogen-bond donors (Lipinski definition) is 1. The van der Waals surface area contributed by atoms with E-state index in [4.69, 9.17) is 0 Å². The van der Waals surface area contributed by atoms with E-state index in [-0.39, 0.29) is 11.9 Å². The highest BCUT2D eigenvalue weighted by molar-refractivity contribution is 5.95. The van der Waals surface area contributed by atoms with Crippen molar-refractivity contribution in [2.75, 3.05) is 20.6 Å². The van der Waals surface area contributed by atoms with Gasteiger partial charge in [-0.1, -0.05) is 29.8 Å². The van der Waals surface area contributed by atoms with Crippen LogP contribution in [0.4, 0.5) is 4.79 Å². The first kappa shape index (κ1) is 17.9. The molecule has 2 aromatic rings. The summed E-state index contributed by atoms with van der Waals surface area (Å²) in [6.45, 7) is 3.60. The Morgan fingerprint density at radius 2 is 1.92 bits per heavy atom. The summed E-state index contributed by atoms with van der Waals surface area (Å²) in [5.41, 5.74) is 4.79. The number of pyridine rings is 1. The summed E-state index contributed by atoms with van der Waals surface area (Å²) in [6.07, 6.45) is 4.03. The fraction of sp³-hybridized carbons (Fsp3) is 0.350. The molecule has 1 aromatic heterocycles. The lowest BCUT2D eigenvalue weighted by atomic mass is 9.97. The van der Waals surface area contributed by atoms with Crippen LogP contribution >= 0.6 is 0 Å². The Morgan fingerprint density at radius 3 is 2.62 bits per heavy atom. The molecule has 2 heterocycles. The van der Waals surface area contributed by atoms with Gasteiger partial charge in [0.2, 0.25) is 0 Å². The minimum atomic E-state index is -0.123. The number of aryl methyl sites for hydroxylation is 1. The van der Waals surface area contributed by atoms with Crippen LogP contribution in [0, 0.1) is 6.92 Å². The zero-order valence-electron chi connectivity index (χ0n) is 15.5. The molecule has 3 rings (SSSR count). The first-order chi connectivity index (χ1) is 12.5. The van der Waals surface area contributed by atoms with Gasteiger partial charge in [0, 0.05) is 46.1 Å². The second-order valence-electron chi connectivity index (χ2n) is 6.84. The van der Waals surface area contributed by atoms with Gasteiger partial charge in [-0.2, -0.15) is 0 Å². The molecule has 1 aromatic carbocycles. The maximum absolute atomic E-state index is 12.6. The standard InChI is InChI=1S/C20H24N4O2/c1-14-4-6-15(7-5-14)10-22-19(25)18-12-21-11-16-13-24(9-8-17(16)18)20(26)23(2)3/h4-7,11-12H,8-10,13H2,1-3H3,(H,22,25). The van der Waals surface area contributed by atoms with E-state index in [0.29, 0.717) is 31.6 Å². The highest BCUT2D eigenvalue weighted by Crippen LogP contribution is 2.22. The molecule has 6 heteroatoms. The maximum atomic E-state index is 12.6. The number of amides is 3. The van der Waals surface area contributed by atoms with E-state index >= 15 is 0 Å². The van der Waals surface area contributed by atoms with Crippen molar-refractivity contribution in [3.05, 3.63) is 64.5 Å². The zero-order chi connectivity index (χ0) is 18.7. The summed E-state index contributed by atoms with van der Waals surface area (Å²) in [7, 11) is 3.48. The van der Waals surface area contributed by atoms with Crippen molar-refractivity contribution in [1.82, 2.24) is 20.1 Å². The number of urea groups is 1. The molecular formula is C20H24N4O2. The van der Waals surface area contributed by atoms with Crippen LogP contribution in [0.1, 0.15) is 32.6 Å². The first-order valence-corrected chi connectivity index (χ1v) is 8.71. The average Bonchev–Trinajstić information content (AvgIpc) is 2.65. The number of carbonyl (C=O) groups excluding carboxylic acids is 2. The molecule has 0 radical (unpaired) electrons. The molecule has 0 unspecified atom stereocenters. The lowest BCUT2D eigenvalue weighted by molar-refractivity contribution is 0.0949. The Hall–Kier alpha value is -2.89. The molecule has 1 N–H and O–H groups in total. The predicted molar refractivity (Wildman–Crippen MR) is 99.8 cm³/mol. The van der Waals surface area contributed by atoms with Crippen molar-refractivity contribution in [1.29, 1.82) is 0 Å². The van der Waals surface area contributed by atoms with Gasteiger partial charge in [-0.05, 0) is 30.0 Å². The van der Waals surface area contributed by atoms with E-state index < -0.39 is 0 Å². The lowest BCUT2D eigenvalue weighted by Gasteiger charge is -2.31. The van der Waals surface area contributed by atoms with Crippen molar-refractivity contribution in [3.8, 4) is 0 Å². The lowest BCUT2D eigenvalue weighted by Crippen LogP contribution is -2.42. The molecule has 0 fully saturated rings. The van der Waals surface area contributed by atoms with Gasteiger partial charge >= 0.3 is 6.03 Å². The minimum absolute atomic E-state index is 0.0233. The molecule has 26 heavy (non-hydrogen) atoms. The Balaban J connectivity index is 1.71. The third-order valence-corrected chi connectivity index (χ3v) is 4.61. The van der Waals surface area contributed by atoms with Gasteiger partial charge < -0.3 is 15.1 Å². The zero-order valence-corrected chi connectivity index (χ0v) is 15.5. The molecule has 0 atom stereocenters. The van der Waals surface area contributed by atoms with E-state index in [0.717, 1.165) is 16.7 Å². The number of benzene rings is 1. The fourth-order valence-electron chi connectivity index (χ4n) is 3.12. The molecule has 136 valence electrons. The minimum Gasteiger partial charge on any atom is -0.348 e. The van der Waals surface area contributed by atoms with Gasteiger partial charge in [0.15, 0.2) is 0 Å². The van der Waals surface area contributed by atoms with Crippen molar-refractivity contribution in [2.45, 2.75) is 26.4 Å². The van der Waals surface area contributed by atoms with Crippen LogP contribution in [-0.2, 0) is 19.5 Å². The number of nitrogens with one attached hydrogen (secondary N) is 1. The van der Waals surface area contributed by atoms with Crippen molar-refractivity contribution in [3.63, 3.8) is 0 Å². The topological polar surface area (TPSA) is 65.5 Å². The SMILES string of the molecule is Cc1ccc(CNC(=O)c2cncc3c2CCN(C(=O)N(C)C)C3)cc1. The molecule has 0 spiro atoms. The summed E-state index contributed by atoms with van der Waals surface area (Å²) < 4.78 is 0. The Bertz CT molecular complexity index is 815. The molecule has 0 bridgehead atoms. The van der Waals surface area contributed by atoms with Crippen molar-refractivity contribution < 1.29 is 9.59 Å². The largest absolute Gasteiger partial charge is 0.348 e. The Kier molecular flexibility index (Phi) is 5.21. The Labute approximate surface area is 153 Å². The van der Waals surface area contributed by atoms with Gasteiger partial charge in [-0.15, -0.1) is 0 Å². The number of rotatable bonds is 3. The highest BCUT2D eigenvalue weighted by Gasteiger charge is 2.25. The van der Waals surface area contributed by atoms with E-state index in [1.54, 1.807) is 36.3 Å². The molecule has 0 aliphatic carbocycles. The molecule has 6 nitrogen and oxygen atoms in total. The summed E-state index contributed by atoms with van der Waals surface area (Å²) in [5, 5.41) is 2.97. The van der Waals surface area contributed by atoms with Crippen LogP contribution in [0.5, 0.6) is 0 Å². The molecule has 1 aliphatic heterocycles. The van der Waals surface area contributed by atoms with Crippen LogP contribution in [0.25, 0.3) is 0 Å². The number of carbonyl (C=O) groups is 2. The molecule has 0 saturated carbocycles. The van der Waals surface area contributed by atoms with Crippen LogP contribution < -0.4 is 5.32 Å². The smallest absolute Gasteiger partial charge is 0.319 e. The second-order valence-corrected chi connectivity index (χ2v) is 6.84. The van der Waals surface area contributed by atoms with Gasteiger partial charge in [0.1, 0.15) is 0 Å². The van der Waals surface area contributed by atoms with Crippen LogP contribution in [-0.4, -0.2) is 47.4 Å². The monoisotopic (exact) mass is 352 g/mol. The molecule has 0 saturated heterocycles. The summed E-state index contributed by atoms with van der Waals surface area (Å²) >= 11 is 0. The van der Waals surface area contributed by atoms with Crippen LogP contribution in [0.3, 0.4) is 0 Å². The average molecular weight is 352 g/mol. The third-order valence-electron chi connectivity index (χ3n) is 4.61. The number of nitrogens with zero attached hydrogens (tertiary/aromatic N) is 3. The predicted octanol–water partition coefficient (Wildman–Crippen LogP) is 2.36. The van der Waals surface area contributed by atoms with Crippen LogP contribution in [0.2, 0.25) is 0 Å². The molecule has 3 amide bonds. The van der Waals surface area contributed by atoms with E-state index in [9.17, 15) is 9.59 Å². The van der Waals surface area contributed by atoms with E-state index in [2.05, 4.69) is 10.3 Å². The molecule has 1 aliphatic rings.